The van der Waals surface area contributed by atoms with Crippen LogP contribution < -0.4 is 10.6 Å². The van der Waals surface area contributed by atoms with Gasteiger partial charge in [-0.1, -0.05) is 69.3 Å². The van der Waals surface area contributed by atoms with Crippen molar-refractivity contribution in [2.45, 2.75) is 61.9 Å². The summed E-state index contributed by atoms with van der Waals surface area (Å²) in [6.07, 6.45) is 2.46. The molecule has 0 unspecified atom stereocenters. The highest BCUT2D eigenvalue weighted by molar-refractivity contribution is 8.00. The molecule has 1 aliphatic heterocycles. The van der Waals surface area contributed by atoms with E-state index in [9.17, 15) is 0 Å². The lowest BCUT2D eigenvalue weighted by Crippen LogP contribution is -2.45. The molecular formula is C22H32Cl2N2S. The molecule has 1 aliphatic rings. The lowest BCUT2D eigenvalue weighted by Gasteiger charge is -2.34. The highest BCUT2D eigenvalue weighted by atomic mass is 35.5. The summed E-state index contributed by atoms with van der Waals surface area (Å²) < 4.78 is 0.231. The van der Waals surface area contributed by atoms with E-state index >= 15 is 0 Å². The first-order valence-electron chi connectivity index (χ1n) is 9.31. The Labute approximate surface area is 181 Å². The van der Waals surface area contributed by atoms with Crippen LogP contribution in [0.1, 0.15) is 50.8 Å². The van der Waals surface area contributed by atoms with E-state index in [1.165, 1.54) is 28.9 Å². The van der Waals surface area contributed by atoms with Crippen molar-refractivity contribution in [3.05, 3.63) is 65.7 Å². The minimum atomic E-state index is 0. The minimum absolute atomic E-state index is 0. The molecule has 5 heteroatoms. The molecule has 1 saturated heterocycles. The third-order valence-corrected chi connectivity index (χ3v) is 5.79. The number of nitrogens with one attached hydrogen (secondary N) is 2. The molecule has 27 heavy (non-hydrogen) atoms. The van der Waals surface area contributed by atoms with E-state index in [-0.39, 0.29) is 29.6 Å². The molecule has 1 heterocycles. The van der Waals surface area contributed by atoms with Crippen LogP contribution in [-0.4, -0.2) is 17.3 Å². The van der Waals surface area contributed by atoms with Crippen molar-refractivity contribution in [2.75, 3.05) is 6.54 Å². The molecule has 0 aliphatic carbocycles. The number of piperidine rings is 1. The summed E-state index contributed by atoms with van der Waals surface area (Å²) >= 11 is 1.96. The van der Waals surface area contributed by atoms with Crippen molar-refractivity contribution in [1.29, 1.82) is 0 Å². The molecule has 0 saturated carbocycles. The number of thioether (sulfide) groups is 1. The van der Waals surface area contributed by atoms with Gasteiger partial charge in [0, 0.05) is 28.3 Å². The van der Waals surface area contributed by atoms with Crippen LogP contribution in [-0.2, 0) is 6.54 Å². The third-order valence-electron chi connectivity index (χ3n) is 4.56. The van der Waals surface area contributed by atoms with Crippen LogP contribution in [0.25, 0.3) is 0 Å². The van der Waals surface area contributed by atoms with Gasteiger partial charge in [0.25, 0.3) is 0 Å². The average molecular weight is 427 g/mol. The maximum absolute atomic E-state index is 3.84. The zero-order chi connectivity index (χ0) is 17.7. The van der Waals surface area contributed by atoms with Crippen LogP contribution in [0.2, 0.25) is 0 Å². The monoisotopic (exact) mass is 426 g/mol. The zero-order valence-electron chi connectivity index (χ0n) is 16.4. The van der Waals surface area contributed by atoms with Crippen molar-refractivity contribution in [2.24, 2.45) is 0 Å². The van der Waals surface area contributed by atoms with Gasteiger partial charge in [-0.25, -0.2) is 0 Å². The molecule has 150 valence electrons. The molecule has 2 aromatic rings. The second-order valence-corrected chi connectivity index (χ2v) is 9.66. The fourth-order valence-electron chi connectivity index (χ4n) is 3.44. The summed E-state index contributed by atoms with van der Waals surface area (Å²) in [4.78, 5) is 1.39. The van der Waals surface area contributed by atoms with Gasteiger partial charge < -0.3 is 10.6 Å². The molecule has 2 N–H and O–H groups in total. The van der Waals surface area contributed by atoms with E-state index in [2.05, 4.69) is 86.0 Å². The molecule has 0 radical (unpaired) electrons. The van der Waals surface area contributed by atoms with E-state index in [1.54, 1.807) is 0 Å². The van der Waals surface area contributed by atoms with Crippen LogP contribution in [0.5, 0.6) is 0 Å². The van der Waals surface area contributed by atoms with Gasteiger partial charge in [-0.05, 0) is 36.6 Å². The second-order valence-electron chi connectivity index (χ2n) is 7.79. The smallest absolute Gasteiger partial charge is 0.0476 e. The molecular weight excluding hydrogens is 395 g/mol. The maximum Gasteiger partial charge on any atom is 0.0476 e. The van der Waals surface area contributed by atoms with Gasteiger partial charge in [-0.2, -0.15) is 0 Å². The van der Waals surface area contributed by atoms with Crippen molar-refractivity contribution in [1.82, 2.24) is 10.6 Å². The van der Waals surface area contributed by atoms with E-state index in [0.29, 0.717) is 12.1 Å². The summed E-state index contributed by atoms with van der Waals surface area (Å²) in [7, 11) is 0. The van der Waals surface area contributed by atoms with Gasteiger partial charge in [0.2, 0.25) is 0 Å². The molecule has 0 aromatic heterocycles. The van der Waals surface area contributed by atoms with Gasteiger partial charge in [-0.3, -0.25) is 0 Å². The number of benzene rings is 2. The highest BCUT2D eigenvalue weighted by Gasteiger charge is 2.25. The molecule has 0 bridgehead atoms. The van der Waals surface area contributed by atoms with Gasteiger partial charge >= 0.3 is 0 Å². The predicted molar refractivity (Wildman–Crippen MR) is 124 cm³/mol. The Kier molecular flexibility index (Phi) is 10.2. The van der Waals surface area contributed by atoms with Crippen molar-refractivity contribution < 1.29 is 0 Å². The topological polar surface area (TPSA) is 24.1 Å². The molecule has 0 spiro atoms. The Morgan fingerprint density at radius 1 is 1.00 bits per heavy atom. The van der Waals surface area contributed by atoms with Gasteiger partial charge in [0.05, 0.1) is 0 Å². The first-order chi connectivity index (χ1) is 12.0. The summed E-state index contributed by atoms with van der Waals surface area (Å²) in [6, 6.07) is 20.5. The van der Waals surface area contributed by atoms with Crippen LogP contribution in [0.3, 0.4) is 0 Å². The van der Waals surface area contributed by atoms with E-state index in [4.69, 9.17) is 0 Å². The lowest BCUT2D eigenvalue weighted by atomic mass is 9.92. The molecule has 3 rings (SSSR count). The lowest BCUT2D eigenvalue weighted by molar-refractivity contribution is 0.304. The SMILES string of the molecule is CC(C)(C)Sc1ccccc1CN[C@H]1CCCN[C@H]1c1ccccc1.Cl.Cl. The molecule has 1 fully saturated rings. The summed E-state index contributed by atoms with van der Waals surface area (Å²) in [5.74, 6) is 0. The standard InChI is InChI=1S/C22H30N2S.2ClH/c1-22(2,3)25-20-14-8-7-12-18(20)16-24-19-13-9-15-23-21(19)17-10-5-4-6-11-17;;/h4-8,10-12,14,19,21,23-24H,9,13,15-16H2,1-3H3;2*1H/t19-,21-;;/m0../s1. The normalized spacial score (nSPS) is 19.7. The quantitative estimate of drug-likeness (QED) is 0.572. The Hall–Kier alpha value is -0.710. The fourth-order valence-corrected chi connectivity index (χ4v) is 4.52. The van der Waals surface area contributed by atoms with E-state index in [1.807, 2.05) is 11.8 Å². The van der Waals surface area contributed by atoms with Gasteiger partial charge in [0.15, 0.2) is 0 Å². The first kappa shape index (κ1) is 24.3. The Bertz CT molecular complexity index is 674. The number of hydrogen-bond acceptors (Lipinski definition) is 3. The number of hydrogen-bond donors (Lipinski definition) is 2. The Morgan fingerprint density at radius 3 is 2.37 bits per heavy atom. The van der Waals surface area contributed by atoms with Crippen molar-refractivity contribution in [3.63, 3.8) is 0 Å². The molecule has 0 amide bonds. The summed E-state index contributed by atoms with van der Waals surface area (Å²) in [5.41, 5.74) is 2.79. The van der Waals surface area contributed by atoms with Crippen LogP contribution in [0, 0.1) is 0 Å². The minimum Gasteiger partial charge on any atom is -0.309 e. The first-order valence-corrected chi connectivity index (χ1v) is 10.1. The van der Waals surface area contributed by atoms with Gasteiger partial charge in [0.1, 0.15) is 0 Å². The fraction of sp³-hybridized carbons (Fsp3) is 0.455. The zero-order valence-corrected chi connectivity index (χ0v) is 18.9. The van der Waals surface area contributed by atoms with Crippen LogP contribution in [0.4, 0.5) is 0 Å². The largest absolute Gasteiger partial charge is 0.309 e. The average Bonchev–Trinajstić information content (AvgIpc) is 2.61. The van der Waals surface area contributed by atoms with E-state index in [0.717, 1.165) is 13.1 Å². The second kappa shape index (κ2) is 11.3. The highest BCUT2D eigenvalue weighted by Crippen LogP contribution is 2.34. The van der Waals surface area contributed by atoms with Gasteiger partial charge in [-0.15, -0.1) is 36.6 Å². The Balaban J connectivity index is 0.00000182. The summed E-state index contributed by atoms with van der Waals surface area (Å²) in [6.45, 7) is 8.86. The molecule has 2 nitrogen and oxygen atoms in total. The third kappa shape index (κ3) is 7.32. The maximum atomic E-state index is 3.84. The molecule has 2 atom stereocenters. The Morgan fingerprint density at radius 2 is 1.67 bits per heavy atom. The van der Waals surface area contributed by atoms with Crippen LogP contribution in [0.15, 0.2) is 59.5 Å². The van der Waals surface area contributed by atoms with Crippen LogP contribution >= 0.6 is 36.6 Å². The summed E-state index contributed by atoms with van der Waals surface area (Å²) in [5, 5.41) is 7.54. The predicted octanol–water partition coefficient (Wildman–Crippen LogP) is 6.00. The number of halogens is 2. The van der Waals surface area contributed by atoms with Crippen molar-refractivity contribution >= 4 is 36.6 Å². The van der Waals surface area contributed by atoms with E-state index < -0.39 is 0 Å². The van der Waals surface area contributed by atoms with Crippen molar-refractivity contribution in [3.8, 4) is 0 Å². The number of rotatable bonds is 5. The molecule has 2 aromatic carbocycles.